The molecule has 0 amide bonds. The minimum absolute atomic E-state index is 0.330. The number of carbonyl (C=O) groups is 1. The quantitative estimate of drug-likeness (QED) is 0.702. The number of carbonyl (C=O) groups excluding carboxylic acids is 1. The largest absolute Gasteiger partial charge is 0.468 e. The second kappa shape index (κ2) is 7.17. The summed E-state index contributed by atoms with van der Waals surface area (Å²) in [7, 11) is 1.38. The van der Waals surface area contributed by atoms with E-state index in [1.165, 1.54) is 13.5 Å². The highest BCUT2D eigenvalue weighted by Crippen LogP contribution is 2.23. The van der Waals surface area contributed by atoms with Crippen molar-refractivity contribution in [3.63, 3.8) is 0 Å². The predicted octanol–water partition coefficient (Wildman–Crippen LogP) is 2.43. The third kappa shape index (κ3) is 5.75. The van der Waals surface area contributed by atoms with Crippen LogP contribution in [0, 0.1) is 5.92 Å². The Kier molecular flexibility index (Phi) is 7.07. The normalized spacial score (nSPS) is 18.6. The Morgan fingerprint density at radius 3 is 2.50 bits per heavy atom. The zero-order chi connectivity index (χ0) is 12.8. The molecule has 3 nitrogen and oxygen atoms in total. The van der Waals surface area contributed by atoms with Crippen molar-refractivity contribution in [3.8, 4) is 0 Å². The summed E-state index contributed by atoms with van der Waals surface area (Å²) in [5, 5.41) is 0.378. The standard InChI is InChI=1S/C12H25NO2S/c1-6-9(2)8-16-10(3)7-12(4,13)11(14)15-5/h9-10H,6-8,13H2,1-5H3. The topological polar surface area (TPSA) is 52.3 Å². The maximum Gasteiger partial charge on any atom is 0.325 e. The van der Waals surface area contributed by atoms with Gasteiger partial charge >= 0.3 is 5.97 Å². The molecule has 0 bridgehead atoms. The summed E-state index contributed by atoms with van der Waals surface area (Å²) in [5.74, 6) is 1.51. The summed E-state index contributed by atoms with van der Waals surface area (Å²) < 4.78 is 4.69. The molecule has 4 heteroatoms. The van der Waals surface area contributed by atoms with Crippen LogP contribution in [-0.4, -0.2) is 29.6 Å². The van der Waals surface area contributed by atoms with Crippen molar-refractivity contribution in [3.05, 3.63) is 0 Å². The van der Waals surface area contributed by atoms with Gasteiger partial charge in [-0.1, -0.05) is 27.2 Å². The molecule has 0 aliphatic carbocycles. The number of ether oxygens (including phenoxy) is 1. The smallest absolute Gasteiger partial charge is 0.325 e. The lowest BCUT2D eigenvalue weighted by molar-refractivity contribution is -0.146. The molecule has 0 aromatic carbocycles. The van der Waals surface area contributed by atoms with Gasteiger partial charge in [-0.3, -0.25) is 4.79 Å². The third-order valence-electron chi connectivity index (χ3n) is 2.73. The van der Waals surface area contributed by atoms with E-state index in [1.54, 1.807) is 6.92 Å². The van der Waals surface area contributed by atoms with Crippen LogP contribution in [-0.2, 0) is 9.53 Å². The monoisotopic (exact) mass is 247 g/mol. The molecule has 0 heterocycles. The van der Waals surface area contributed by atoms with Gasteiger partial charge in [0.2, 0.25) is 0 Å². The Morgan fingerprint density at radius 1 is 1.50 bits per heavy atom. The Labute approximate surface area is 103 Å². The predicted molar refractivity (Wildman–Crippen MR) is 70.6 cm³/mol. The van der Waals surface area contributed by atoms with Gasteiger partial charge in [-0.2, -0.15) is 11.8 Å². The summed E-state index contributed by atoms with van der Waals surface area (Å²) in [4.78, 5) is 11.4. The van der Waals surface area contributed by atoms with E-state index in [2.05, 4.69) is 25.5 Å². The summed E-state index contributed by atoms with van der Waals surface area (Å²) in [5.41, 5.74) is 5.06. The highest BCUT2D eigenvalue weighted by molar-refractivity contribution is 7.99. The number of esters is 1. The zero-order valence-electron chi connectivity index (χ0n) is 11.1. The molecule has 0 saturated carbocycles. The number of rotatable bonds is 7. The zero-order valence-corrected chi connectivity index (χ0v) is 11.9. The molecule has 0 saturated heterocycles. The van der Waals surface area contributed by atoms with Crippen molar-refractivity contribution in [1.29, 1.82) is 0 Å². The first-order chi connectivity index (χ1) is 7.33. The van der Waals surface area contributed by atoms with Crippen LogP contribution in [0.4, 0.5) is 0 Å². The summed E-state index contributed by atoms with van der Waals surface area (Å²) >= 11 is 1.88. The molecule has 3 unspecified atom stereocenters. The Morgan fingerprint density at radius 2 is 2.06 bits per heavy atom. The van der Waals surface area contributed by atoms with Crippen molar-refractivity contribution in [2.24, 2.45) is 11.7 Å². The lowest BCUT2D eigenvalue weighted by Gasteiger charge is -2.25. The van der Waals surface area contributed by atoms with Gasteiger partial charge < -0.3 is 10.5 Å². The van der Waals surface area contributed by atoms with Crippen molar-refractivity contribution in [2.75, 3.05) is 12.9 Å². The number of hydrogen-bond acceptors (Lipinski definition) is 4. The highest BCUT2D eigenvalue weighted by atomic mass is 32.2. The lowest BCUT2D eigenvalue weighted by atomic mass is 9.98. The van der Waals surface area contributed by atoms with E-state index in [0.29, 0.717) is 11.7 Å². The third-order valence-corrected chi connectivity index (χ3v) is 4.22. The van der Waals surface area contributed by atoms with Crippen LogP contribution in [0.3, 0.4) is 0 Å². The van der Waals surface area contributed by atoms with Crippen molar-refractivity contribution in [2.45, 2.75) is 51.3 Å². The van der Waals surface area contributed by atoms with Crippen LogP contribution in [0.25, 0.3) is 0 Å². The van der Waals surface area contributed by atoms with E-state index in [9.17, 15) is 4.79 Å². The Hall–Kier alpha value is -0.220. The molecule has 2 N–H and O–H groups in total. The van der Waals surface area contributed by atoms with Gasteiger partial charge in [0.25, 0.3) is 0 Å². The van der Waals surface area contributed by atoms with Crippen molar-refractivity contribution >= 4 is 17.7 Å². The van der Waals surface area contributed by atoms with E-state index in [0.717, 1.165) is 11.7 Å². The summed E-state index contributed by atoms with van der Waals surface area (Å²) in [6.45, 7) is 8.28. The molecule has 3 atom stereocenters. The first-order valence-corrected chi connectivity index (χ1v) is 6.87. The maximum atomic E-state index is 11.4. The first-order valence-electron chi connectivity index (χ1n) is 5.82. The molecular weight excluding hydrogens is 222 g/mol. The van der Waals surface area contributed by atoms with Crippen LogP contribution in [0.15, 0.2) is 0 Å². The average Bonchev–Trinajstić information content (AvgIpc) is 2.23. The summed E-state index contributed by atoms with van der Waals surface area (Å²) in [6, 6.07) is 0. The van der Waals surface area contributed by atoms with E-state index in [1.807, 2.05) is 11.8 Å². The van der Waals surface area contributed by atoms with Gasteiger partial charge in [0.15, 0.2) is 0 Å². The first kappa shape index (κ1) is 15.8. The maximum absolute atomic E-state index is 11.4. The van der Waals surface area contributed by atoms with E-state index in [-0.39, 0.29) is 5.97 Å². The number of methoxy groups -OCH3 is 1. The molecular formula is C12H25NO2S. The fraction of sp³-hybridized carbons (Fsp3) is 0.917. The van der Waals surface area contributed by atoms with E-state index < -0.39 is 5.54 Å². The van der Waals surface area contributed by atoms with E-state index >= 15 is 0 Å². The minimum atomic E-state index is -0.864. The molecule has 96 valence electrons. The van der Waals surface area contributed by atoms with Crippen LogP contribution in [0.2, 0.25) is 0 Å². The second-order valence-electron chi connectivity index (χ2n) is 4.77. The molecule has 0 radical (unpaired) electrons. The average molecular weight is 247 g/mol. The molecule has 16 heavy (non-hydrogen) atoms. The summed E-state index contributed by atoms with van der Waals surface area (Å²) in [6.07, 6.45) is 1.84. The number of hydrogen-bond donors (Lipinski definition) is 1. The molecule has 0 aliphatic rings. The SMILES string of the molecule is CCC(C)CSC(C)CC(C)(N)C(=O)OC. The van der Waals surface area contributed by atoms with Crippen LogP contribution in [0.5, 0.6) is 0 Å². The van der Waals surface area contributed by atoms with Gasteiger partial charge in [0, 0.05) is 5.25 Å². The molecule has 0 fully saturated rings. The fourth-order valence-corrected chi connectivity index (χ4v) is 2.78. The van der Waals surface area contributed by atoms with Crippen LogP contribution >= 0.6 is 11.8 Å². The Bertz CT molecular complexity index is 219. The number of nitrogens with two attached hydrogens (primary N) is 1. The van der Waals surface area contributed by atoms with Gasteiger partial charge in [0.05, 0.1) is 7.11 Å². The lowest BCUT2D eigenvalue weighted by Crippen LogP contribution is -2.47. The minimum Gasteiger partial charge on any atom is -0.468 e. The molecule has 0 aromatic rings. The van der Waals surface area contributed by atoms with Gasteiger partial charge in [0.1, 0.15) is 5.54 Å². The van der Waals surface area contributed by atoms with Crippen LogP contribution < -0.4 is 5.73 Å². The van der Waals surface area contributed by atoms with Gasteiger partial charge in [-0.15, -0.1) is 0 Å². The van der Waals surface area contributed by atoms with Gasteiger partial charge in [-0.05, 0) is 25.0 Å². The van der Waals surface area contributed by atoms with Crippen molar-refractivity contribution < 1.29 is 9.53 Å². The van der Waals surface area contributed by atoms with Gasteiger partial charge in [-0.25, -0.2) is 0 Å². The van der Waals surface area contributed by atoms with Crippen LogP contribution in [0.1, 0.15) is 40.5 Å². The second-order valence-corrected chi connectivity index (χ2v) is 6.24. The highest BCUT2D eigenvalue weighted by Gasteiger charge is 2.31. The molecule has 0 spiro atoms. The fourth-order valence-electron chi connectivity index (χ4n) is 1.42. The molecule has 0 aliphatic heterocycles. The van der Waals surface area contributed by atoms with E-state index in [4.69, 9.17) is 5.73 Å². The Balaban J connectivity index is 4.03. The molecule has 0 rings (SSSR count). The van der Waals surface area contributed by atoms with Crippen molar-refractivity contribution in [1.82, 2.24) is 0 Å². The molecule has 0 aromatic heterocycles. The number of thioether (sulfide) groups is 1.